The van der Waals surface area contributed by atoms with Crippen LogP contribution >= 0.6 is 0 Å². The van der Waals surface area contributed by atoms with Crippen LogP contribution < -0.4 is 5.69 Å². The molecule has 5 rings (SSSR count). The van der Waals surface area contributed by atoms with E-state index < -0.39 is 18.1 Å². The summed E-state index contributed by atoms with van der Waals surface area (Å²) < 4.78 is 48.7. The normalized spacial score (nSPS) is 15.6. The van der Waals surface area contributed by atoms with Gasteiger partial charge < -0.3 is 9.32 Å². The number of nitrogens with zero attached hydrogens (tertiary/aromatic N) is 5. The Bertz CT molecular complexity index is 1370. The molecule has 2 aromatic heterocycles. The molecule has 0 aliphatic carbocycles. The fourth-order valence-electron chi connectivity index (χ4n) is 4.52. The van der Waals surface area contributed by atoms with Crippen molar-refractivity contribution in [3.8, 4) is 11.5 Å². The molecule has 7 nitrogen and oxygen atoms in total. The molecule has 0 N–H and O–H groups in total. The molecule has 0 radical (unpaired) electrons. The minimum Gasteiger partial charge on any atom is -0.415 e. The monoisotopic (exact) mass is 471 g/mol. The molecule has 4 aromatic rings. The van der Waals surface area contributed by atoms with Crippen LogP contribution in [0.3, 0.4) is 0 Å². The summed E-state index contributed by atoms with van der Waals surface area (Å²) in [5, 5.41) is 6.83. The van der Waals surface area contributed by atoms with Crippen LogP contribution in [-0.2, 0) is 13.1 Å². The molecule has 1 aliphatic heterocycles. The highest BCUT2D eigenvalue weighted by Crippen LogP contribution is 2.26. The van der Waals surface area contributed by atoms with Crippen molar-refractivity contribution in [3.63, 3.8) is 0 Å². The Morgan fingerprint density at radius 3 is 2.41 bits per heavy atom. The van der Waals surface area contributed by atoms with Crippen molar-refractivity contribution in [2.24, 2.45) is 5.92 Å². The van der Waals surface area contributed by atoms with Gasteiger partial charge in [0.25, 0.3) is 5.89 Å². The molecule has 1 fully saturated rings. The average molecular weight is 471 g/mol. The van der Waals surface area contributed by atoms with Gasteiger partial charge in [-0.25, -0.2) is 9.18 Å². The van der Waals surface area contributed by atoms with E-state index in [1.54, 1.807) is 9.13 Å². The van der Waals surface area contributed by atoms with Gasteiger partial charge in [-0.3, -0.25) is 9.13 Å². The van der Waals surface area contributed by atoms with E-state index in [-0.39, 0.29) is 23.7 Å². The number of likely N-dealkylation sites (tertiary alicyclic amines) is 1. The predicted molar refractivity (Wildman–Crippen MR) is 120 cm³/mol. The fourth-order valence-corrected chi connectivity index (χ4v) is 4.52. The molecule has 1 saturated heterocycles. The number of piperidine rings is 1. The van der Waals surface area contributed by atoms with E-state index in [9.17, 15) is 18.0 Å². The number of halogens is 3. The Morgan fingerprint density at radius 2 is 1.76 bits per heavy atom. The first-order chi connectivity index (χ1) is 16.4. The number of fused-ring (bicyclic) bond motifs is 1. The highest BCUT2D eigenvalue weighted by molar-refractivity contribution is 5.76. The van der Waals surface area contributed by atoms with E-state index in [0.717, 1.165) is 43.0 Å². The SMILES string of the molecule is CN1CCC(Cn2c(=O)n(Cc3ccc(-c4nnc(C(F)F)o4)cc3F)c3ccccc32)CC1. The first-order valence-electron chi connectivity index (χ1n) is 11.2. The molecule has 10 heteroatoms. The summed E-state index contributed by atoms with van der Waals surface area (Å²) in [5.41, 5.74) is 1.87. The third-order valence-electron chi connectivity index (χ3n) is 6.46. The smallest absolute Gasteiger partial charge is 0.329 e. The standard InChI is InChI=1S/C24H24F3N5O2/c1-30-10-8-15(9-11-30)13-31-19-4-2-3-5-20(19)32(24(31)33)14-17-7-6-16(12-18(17)25)22-28-29-23(34-22)21(26)27/h2-7,12,15,21H,8-11,13-14H2,1H3. The quantitative estimate of drug-likeness (QED) is 0.419. The molecular formula is C24H24F3N5O2. The summed E-state index contributed by atoms with van der Waals surface area (Å²) in [4.78, 5) is 15.7. The lowest BCUT2D eigenvalue weighted by Crippen LogP contribution is -2.34. The third kappa shape index (κ3) is 4.25. The lowest BCUT2D eigenvalue weighted by Gasteiger charge is -2.29. The van der Waals surface area contributed by atoms with Gasteiger partial charge in [0.1, 0.15) is 5.82 Å². The molecule has 3 heterocycles. The van der Waals surface area contributed by atoms with Gasteiger partial charge in [-0.15, -0.1) is 10.2 Å². The number of alkyl halides is 2. The Morgan fingerprint density at radius 1 is 1.06 bits per heavy atom. The molecule has 0 amide bonds. The van der Waals surface area contributed by atoms with Crippen LogP contribution in [0, 0.1) is 11.7 Å². The second-order valence-corrected chi connectivity index (χ2v) is 8.77. The molecule has 0 unspecified atom stereocenters. The van der Waals surface area contributed by atoms with Gasteiger partial charge in [-0.05, 0) is 63.2 Å². The maximum absolute atomic E-state index is 15.0. The number of para-hydroxylation sites is 2. The minimum atomic E-state index is -2.90. The van der Waals surface area contributed by atoms with E-state index >= 15 is 0 Å². The average Bonchev–Trinajstić information content (AvgIpc) is 3.42. The number of rotatable bonds is 6. The van der Waals surface area contributed by atoms with Gasteiger partial charge in [0.15, 0.2) is 0 Å². The zero-order chi connectivity index (χ0) is 23.8. The second-order valence-electron chi connectivity index (χ2n) is 8.77. The minimum absolute atomic E-state index is 0.0397. The molecule has 178 valence electrons. The molecule has 0 spiro atoms. The van der Waals surface area contributed by atoms with Crippen molar-refractivity contribution in [2.45, 2.75) is 32.4 Å². The number of aromatic nitrogens is 4. The predicted octanol–water partition coefficient (Wildman–Crippen LogP) is 4.32. The molecule has 1 aliphatic rings. The van der Waals surface area contributed by atoms with Gasteiger partial charge >= 0.3 is 12.1 Å². The Hall–Kier alpha value is -3.40. The Labute approximate surface area is 193 Å². The molecule has 0 atom stereocenters. The highest BCUT2D eigenvalue weighted by atomic mass is 19.3. The summed E-state index contributed by atoms with van der Waals surface area (Å²) >= 11 is 0. The van der Waals surface area contributed by atoms with Crippen LogP contribution in [0.15, 0.2) is 51.7 Å². The lowest BCUT2D eigenvalue weighted by molar-refractivity contribution is 0.116. The maximum atomic E-state index is 15.0. The van der Waals surface area contributed by atoms with E-state index in [1.807, 2.05) is 24.3 Å². The topological polar surface area (TPSA) is 69.1 Å². The van der Waals surface area contributed by atoms with E-state index in [0.29, 0.717) is 18.0 Å². The van der Waals surface area contributed by atoms with Crippen molar-refractivity contribution in [3.05, 3.63) is 70.2 Å². The van der Waals surface area contributed by atoms with Gasteiger partial charge in [-0.1, -0.05) is 18.2 Å². The Balaban J connectivity index is 1.44. The fraction of sp³-hybridized carbons (Fsp3) is 0.375. The summed E-state index contributed by atoms with van der Waals surface area (Å²) in [6, 6.07) is 11.7. The summed E-state index contributed by atoms with van der Waals surface area (Å²) in [5.74, 6) is -1.18. The number of benzene rings is 2. The second kappa shape index (κ2) is 9.09. The van der Waals surface area contributed by atoms with E-state index in [4.69, 9.17) is 4.42 Å². The first kappa shape index (κ1) is 22.4. The van der Waals surface area contributed by atoms with Crippen LogP contribution in [0.2, 0.25) is 0 Å². The highest BCUT2D eigenvalue weighted by Gasteiger charge is 2.22. The zero-order valence-electron chi connectivity index (χ0n) is 18.6. The first-order valence-corrected chi connectivity index (χ1v) is 11.2. The van der Waals surface area contributed by atoms with Crippen LogP contribution in [0.1, 0.15) is 30.7 Å². The number of imidazole rings is 1. The largest absolute Gasteiger partial charge is 0.415 e. The van der Waals surface area contributed by atoms with Crippen molar-refractivity contribution < 1.29 is 17.6 Å². The molecule has 0 saturated carbocycles. The molecule has 34 heavy (non-hydrogen) atoms. The number of hydrogen-bond acceptors (Lipinski definition) is 5. The van der Waals surface area contributed by atoms with Crippen LogP contribution in [0.4, 0.5) is 13.2 Å². The summed E-state index contributed by atoms with van der Waals surface area (Å²) in [6.07, 6.45) is -0.841. The molecule has 0 bridgehead atoms. The van der Waals surface area contributed by atoms with Crippen molar-refractivity contribution >= 4 is 11.0 Å². The Kier molecular flexibility index (Phi) is 5.99. The number of hydrogen-bond donors (Lipinski definition) is 0. The van der Waals surface area contributed by atoms with Crippen molar-refractivity contribution in [1.82, 2.24) is 24.2 Å². The van der Waals surface area contributed by atoms with Crippen LogP contribution in [-0.4, -0.2) is 44.4 Å². The summed E-state index contributed by atoms with van der Waals surface area (Å²) in [7, 11) is 2.10. The van der Waals surface area contributed by atoms with Crippen LogP contribution in [0.25, 0.3) is 22.5 Å². The van der Waals surface area contributed by atoms with Gasteiger partial charge in [0.05, 0.1) is 17.6 Å². The third-order valence-corrected chi connectivity index (χ3v) is 6.46. The zero-order valence-corrected chi connectivity index (χ0v) is 18.6. The van der Waals surface area contributed by atoms with Crippen molar-refractivity contribution in [2.75, 3.05) is 20.1 Å². The van der Waals surface area contributed by atoms with Crippen LogP contribution in [0.5, 0.6) is 0 Å². The lowest BCUT2D eigenvalue weighted by atomic mass is 9.97. The van der Waals surface area contributed by atoms with Crippen molar-refractivity contribution in [1.29, 1.82) is 0 Å². The van der Waals surface area contributed by atoms with E-state index in [2.05, 4.69) is 22.1 Å². The van der Waals surface area contributed by atoms with Gasteiger partial charge in [0, 0.05) is 17.7 Å². The van der Waals surface area contributed by atoms with E-state index in [1.165, 1.54) is 12.1 Å². The summed E-state index contributed by atoms with van der Waals surface area (Å²) in [6.45, 7) is 2.69. The maximum Gasteiger partial charge on any atom is 0.329 e. The van der Waals surface area contributed by atoms with Gasteiger partial charge in [-0.2, -0.15) is 8.78 Å². The molecular weight excluding hydrogens is 447 g/mol. The van der Waals surface area contributed by atoms with Gasteiger partial charge in [0.2, 0.25) is 5.89 Å². The molecule has 2 aromatic carbocycles.